The summed E-state index contributed by atoms with van der Waals surface area (Å²) in [5, 5.41) is 11.8. The van der Waals surface area contributed by atoms with Gasteiger partial charge in [-0.25, -0.2) is 0 Å². The van der Waals surface area contributed by atoms with Crippen molar-refractivity contribution in [3.05, 3.63) is 29.8 Å². The van der Waals surface area contributed by atoms with Crippen LogP contribution in [0.15, 0.2) is 24.3 Å². The van der Waals surface area contributed by atoms with Crippen molar-refractivity contribution in [2.75, 3.05) is 26.3 Å². The molecular formula is C15H25NO2. The predicted octanol–water partition coefficient (Wildman–Crippen LogP) is 2.55. The Morgan fingerprint density at radius 3 is 2.78 bits per heavy atom. The number of aliphatic hydroxyl groups excluding tert-OH is 1. The van der Waals surface area contributed by atoms with E-state index in [0.29, 0.717) is 19.1 Å². The highest BCUT2D eigenvalue weighted by Gasteiger charge is 2.08. The molecule has 1 aromatic carbocycles. The summed E-state index contributed by atoms with van der Waals surface area (Å²) in [4.78, 5) is 0. The van der Waals surface area contributed by atoms with Gasteiger partial charge in [0.05, 0.1) is 13.2 Å². The van der Waals surface area contributed by atoms with Crippen molar-refractivity contribution in [2.24, 2.45) is 0 Å². The fourth-order valence-corrected chi connectivity index (χ4v) is 1.82. The summed E-state index contributed by atoms with van der Waals surface area (Å²) in [7, 11) is 0. The van der Waals surface area contributed by atoms with Crippen LogP contribution in [0.1, 0.15) is 38.2 Å². The van der Waals surface area contributed by atoms with Crippen LogP contribution in [-0.4, -0.2) is 31.4 Å². The van der Waals surface area contributed by atoms with Gasteiger partial charge in [0, 0.05) is 6.54 Å². The average Bonchev–Trinajstić information content (AvgIpc) is 2.42. The van der Waals surface area contributed by atoms with Gasteiger partial charge in [-0.05, 0) is 36.9 Å². The van der Waals surface area contributed by atoms with Crippen LogP contribution >= 0.6 is 0 Å². The summed E-state index contributed by atoms with van der Waals surface area (Å²) in [6, 6.07) is 8.28. The van der Waals surface area contributed by atoms with Crippen LogP contribution < -0.4 is 10.1 Å². The highest BCUT2D eigenvalue weighted by Crippen LogP contribution is 2.28. The average molecular weight is 251 g/mol. The van der Waals surface area contributed by atoms with E-state index in [1.54, 1.807) is 0 Å². The summed E-state index contributed by atoms with van der Waals surface area (Å²) in [6.07, 6.45) is 2.08. The molecule has 0 saturated heterocycles. The van der Waals surface area contributed by atoms with Gasteiger partial charge < -0.3 is 15.2 Å². The Bertz CT molecular complexity index is 328. The van der Waals surface area contributed by atoms with Gasteiger partial charge in [-0.1, -0.05) is 32.0 Å². The molecular weight excluding hydrogens is 226 g/mol. The molecule has 1 rings (SSSR count). The van der Waals surface area contributed by atoms with Crippen LogP contribution in [0.2, 0.25) is 0 Å². The number of para-hydroxylation sites is 1. The lowest BCUT2D eigenvalue weighted by Gasteiger charge is -2.15. The lowest BCUT2D eigenvalue weighted by atomic mass is 9.98. The SMILES string of the molecule is CC[C@@H](C)c1ccccc1OCCCNCCO. The minimum atomic E-state index is 0.192. The van der Waals surface area contributed by atoms with Gasteiger partial charge in [0.15, 0.2) is 0 Å². The lowest BCUT2D eigenvalue weighted by Crippen LogP contribution is -2.21. The van der Waals surface area contributed by atoms with Gasteiger partial charge in [-0.15, -0.1) is 0 Å². The molecule has 0 amide bonds. The van der Waals surface area contributed by atoms with Crippen LogP contribution in [0.5, 0.6) is 5.75 Å². The summed E-state index contributed by atoms with van der Waals surface area (Å²) in [5.74, 6) is 1.54. The van der Waals surface area contributed by atoms with Crippen molar-refractivity contribution in [1.82, 2.24) is 5.32 Å². The summed E-state index contributed by atoms with van der Waals surface area (Å²) in [5.41, 5.74) is 1.29. The molecule has 0 radical (unpaired) electrons. The fraction of sp³-hybridized carbons (Fsp3) is 0.600. The van der Waals surface area contributed by atoms with Gasteiger partial charge in [-0.2, -0.15) is 0 Å². The summed E-state index contributed by atoms with van der Waals surface area (Å²) >= 11 is 0. The van der Waals surface area contributed by atoms with Crippen LogP contribution in [-0.2, 0) is 0 Å². The molecule has 3 nitrogen and oxygen atoms in total. The Kier molecular flexibility index (Phi) is 7.46. The van der Waals surface area contributed by atoms with E-state index in [1.165, 1.54) is 5.56 Å². The molecule has 0 aliphatic carbocycles. The zero-order chi connectivity index (χ0) is 13.2. The van der Waals surface area contributed by atoms with Gasteiger partial charge >= 0.3 is 0 Å². The summed E-state index contributed by atoms with van der Waals surface area (Å²) < 4.78 is 5.84. The Morgan fingerprint density at radius 1 is 1.28 bits per heavy atom. The molecule has 18 heavy (non-hydrogen) atoms. The van der Waals surface area contributed by atoms with Gasteiger partial charge in [0.25, 0.3) is 0 Å². The standard InChI is InChI=1S/C15H25NO2/c1-3-13(2)14-7-4-5-8-15(14)18-12-6-9-16-10-11-17/h4-5,7-8,13,16-17H,3,6,9-12H2,1-2H3/t13-/m1/s1. The Labute approximate surface area is 110 Å². The summed E-state index contributed by atoms with van der Waals surface area (Å²) in [6.45, 7) is 6.87. The Morgan fingerprint density at radius 2 is 2.06 bits per heavy atom. The van der Waals surface area contributed by atoms with E-state index >= 15 is 0 Å². The Balaban J connectivity index is 2.37. The van der Waals surface area contributed by atoms with E-state index in [0.717, 1.165) is 25.1 Å². The van der Waals surface area contributed by atoms with Crippen LogP contribution in [0.4, 0.5) is 0 Å². The predicted molar refractivity (Wildman–Crippen MR) is 75.2 cm³/mol. The van der Waals surface area contributed by atoms with Crippen molar-refractivity contribution in [3.63, 3.8) is 0 Å². The third-order valence-corrected chi connectivity index (χ3v) is 3.11. The minimum Gasteiger partial charge on any atom is -0.493 e. The van der Waals surface area contributed by atoms with Crippen molar-refractivity contribution in [2.45, 2.75) is 32.6 Å². The molecule has 2 N–H and O–H groups in total. The molecule has 0 saturated carbocycles. The molecule has 0 fully saturated rings. The maximum Gasteiger partial charge on any atom is 0.122 e. The molecule has 102 valence electrons. The molecule has 0 aliphatic heterocycles. The zero-order valence-electron chi connectivity index (χ0n) is 11.5. The number of nitrogens with one attached hydrogen (secondary N) is 1. The maximum absolute atomic E-state index is 8.63. The van der Waals surface area contributed by atoms with E-state index in [1.807, 2.05) is 12.1 Å². The quantitative estimate of drug-likeness (QED) is 0.663. The molecule has 0 aromatic heterocycles. The highest BCUT2D eigenvalue weighted by molar-refractivity contribution is 5.35. The number of ether oxygens (including phenoxy) is 1. The molecule has 0 unspecified atom stereocenters. The van der Waals surface area contributed by atoms with Crippen molar-refractivity contribution in [1.29, 1.82) is 0 Å². The third-order valence-electron chi connectivity index (χ3n) is 3.11. The van der Waals surface area contributed by atoms with Gasteiger partial charge in [0.1, 0.15) is 5.75 Å². The zero-order valence-corrected chi connectivity index (χ0v) is 11.5. The number of hydrogen-bond donors (Lipinski definition) is 2. The molecule has 0 heterocycles. The molecule has 1 aromatic rings. The first-order valence-electron chi connectivity index (χ1n) is 6.82. The second-order valence-electron chi connectivity index (χ2n) is 4.52. The van der Waals surface area contributed by atoms with Crippen molar-refractivity contribution >= 4 is 0 Å². The molecule has 0 bridgehead atoms. The van der Waals surface area contributed by atoms with Crippen LogP contribution in [0.25, 0.3) is 0 Å². The highest BCUT2D eigenvalue weighted by atomic mass is 16.5. The number of hydrogen-bond acceptors (Lipinski definition) is 3. The van der Waals surface area contributed by atoms with Crippen LogP contribution in [0.3, 0.4) is 0 Å². The molecule has 1 atom stereocenters. The van der Waals surface area contributed by atoms with E-state index in [2.05, 4.69) is 31.3 Å². The third kappa shape index (κ3) is 5.07. The largest absolute Gasteiger partial charge is 0.493 e. The molecule has 0 aliphatic rings. The van der Waals surface area contributed by atoms with Crippen LogP contribution in [0, 0.1) is 0 Å². The van der Waals surface area contributed by atoms with Gasteiger partial charge in [-0.3, -0.25) is 0 Å². The normalized spacial score (nSPS) is 12.4. The van der Waals surface area contributed by atoms with E-state index in [9.17, 15) is 0 Å². The van der Waals surface area contributed by atoms with E-state index < -0.39 is 0 Å². The first-order chi connectivity index (χ1) is 8.79. The number of aliphatic hydroxyl groups is 1. The number of benzene rings is 1. The lowest BCUT2D eigenvalue weighted by molar-refractivity contribution is 0.280. The number of rotatable bonds is 9. The molecule has 0 spiro atoms. The minimum absolute atomic E-state index is 0.192. The monoisotopic (exact) mass is 251 g/mol. The first-order valence-corrected chi connectivity index (χ1v) is 6.82. The Hall–Kier alpha value is -1.06. The van der Waals surface area contributed by atoms with Crippen molar-refractivity contribution < 1.29 is 9.84 Å². The fourth-order valence-electron chi connectivity index (χ4n) is 1.82. The smallest absolute Gasteiger partial charge is 0.122 e. The van der Waals surface area contributed by atoms with Crippen molar-refractivity contribution in [3.8, 4) is 5.75 Å². The molecule has 3 heteroatoms. The van der Waals surface area contributed by atoms with E-state index in [-0.39, 0.29) is 6.61 Å². The first kappa shape index (κ1) is 15.0. The second-order valence-corrected chi connectivity index (χ2v) is 4.52. The maximum atomic E-state index is 8.63. The van der Waals surface area contributed by atoms with E-state index in [4.69, 9.17) is 9.84 Å². The topological polar surface area (TPSA) is 41.5 Å². The van der Waals surface area contributed by atoms with Gasteiger partial charge in [0.2, 0.25) is 0 Å². The second kappa shape index (κ2) is 8.95.